The number of benzene rings is 2. The molecule has 36 heavy (non-hydrogen) atoms. The van der Waals surface area contributed by atoms with E-state index in [0.29, 0.717) is 22.7 Å². The normalized spacial score (nSPS) is 14.9. The first kappa shape index (κ1) is 28.5. The Labute approximate surface area is 227 Å². The van der Waals surface area contributed by atoms with Crippen molar-refractivity contribution < 1.29 is 18.0 Å². The van der Waals surface area contributed by atoms with Gasteiger partial charge in [0.15, 0.2) is 0 Å². The van der Waals surface area contributed by atoms with Crippen LogP contribution < -0.4 is 9.62 Å². The second-order valence-electron chi connectivity index (χ2n) is 9.23. The number of aryl methyl sites for hydroxylation is 1. The summed E-state index contributed by atoms with van der Waals surface area (Å²) < 4.78 is 27.4. The molecule has 1 aliphatic rings. The van der Waals surface area contributed by atoms with Gasteiger partial charge in [0.25, 0.3) is 0 Å². The molecule has 1 unspecified atom stereocenters. The highest BCUT2D eigenvalue weighted by Crippen LogP contribution is 2.26. The molecule has 2 aromatic rings. The van der Waals surface area contributed by atoms with Crippen molar-refractivity contribution in [3.8, 4) is 0 Å². The van der Waals surface area contributed by atoms with Crippen molar-refractivity contribution in [3.63, 3.8) is 0 Å². The maximum atomic E-state index is 13.8. The lowest BCUT2D eigenvalue weighted by molar-refractivity contribution is -0.140. The fraction of sp³-hybridized carbons (Fsp3) is 0.462. The molecule has 1 aliphatic carbocycles. The highest BCUT2D eigenvalue weighted by molar-refractivity contribution is 9.10. The van der Waals surface area contributed by atoms with Crippen LogP contribution in [-0.4, -0.2) is 50.0 Å². The van der Waals surface area contributed by atoms with Gasteiger partial charge in [-0.25, -0.2) is 8.42 Å². The minimum atomic E-state index is -3.78. The van der Waals surface area contributed by atoms with Crippen LogP contribution in [0.15, 0.2) is 46.9 Å². The Morgan fingerprint density at radius 3 is 2.42 bits per heavy atom. The van der Waals surface area contributed by atoms with Gasteiger partial charge in [0.1, 0.15) is 12.6 Å². The van der Waals surface area contributed by atoms with Gasteiger partial charge in [-0.2, -0.15) is 0 Å². The van der Waals surface area contributed by atoms with E-state index in [1.54, 1.807) is 36.4 Å². The molecule has 196 valence electrons. The van der Waals surface area contributed by atoms with Crippen LogP contribution in [0.5, 0.6) is 0 Å². The van der Waals surface area contributed by atoms with Gasteiger partial charge in [0, 0.05) is 22.1 Å². The summed E-state index contributed by atoms with van der Waals surface area (Å²) in [5.74, 6) is -0.704. The van der Waals surface area contributed by atoms with E-state index in [4.69, 9.17) is 11.6 Å². The zero-order valence-electron chi connectivity index (χ0n) is 20.8. The maximum absolute atomic E-state index is 13.8. The summed E-state index contributed by atoms with van der Waals surface area (Å²) in [6.07, 6.45) is 5.43. The van der Waals surface area contributed by atoms with E-state index in [2.05, 4.69) is 21.2 Å². The molecule has 0 bridgehead atoms. The zero-order chi connectivity index (χ0) is 26.5. The molecule has 1 saturated carbocycles. The minimum absolute atomic E-state index is 0.0894. The maximum Gasteiger partial charge on any atom is 0.244 e. The quantitative estimate of drug-likeness (QED) is 0.415. The molecule has 2 aromatic carbocycles. The van der Waals surface area contributed by atoms with E-state index in [1.165, 1.54) is 4.90 Å². The molecule has 0 saturated heterocycles. The Balaban J connectivity index is 1.94. The number of nitrogens with zero attached hydrogens (tertiary/aromatic N) is 2. The average molecular weight is 599 g/mol. The standard InChI is InChI=1S/C26H33BrClN3O4S/c1-4-24(26(33)29-20-10-6-7-11-20)30(16-19-9-5-8-12-23(19)28)25(32)17-31(36(3,34)35)21-13-14-22(27)18(2)15-21/h5,8-9,12-15,20,24H,4,6-7,10-11,16-17H2,1-3H3,(H,29,33). The lowest BCUT2D eigenvalue weighted by Crippen LogP contribution is -2.53. The molecule has 10 heteroatoms. The van der Waals surface area contributed by atoms with Gasteiger partial charge in [-0.3, -0.25) is 13.9 Å². The Kier molecular flexibility index (Phi) is 9.83. The number of anilines is 1. The van der Waals surface area contributed by atoms with Crippen LogP contribution in [0, 0.1) is 6.92 Å². The fourth-order valence-electron chi connectivity index (χ4n) is 4.49. The molecule has 1 atom stereocenters. The second-order valence-corrected chi connectivity index (χ2v) is 12.4. The molecule has 0 heterocycles. The average Bonchev–Trinajstić information content (AvgIpc) is 3.32. The highest BCUT2D eigenvalue weighted by atomic mass is 79.9. The zero-order valence-corrected chi connectivity index (χ0v) is 24.0. The number of rotatable bonds is 10. The van der Waals surface area contributed by atoms with Crippen LogP contribution in [0.25, 0.3) is 0 Å². The smallest absolute Gasteiger partial charge is 0.244 e. The second kappa shape index (κ2) is 12.4. The van der Waals surface area contributed by atoms with Crippen molar-refractivity contribution in [2.75, 3.05) is 17.1 Å². The van der Waals surface area contributed by atoms with Crippen molar-refractivity contribution in [2.45, 2.75) is 64.6 Å². The van der Waals surface area contributed by atoms with Crippen LogP contribution in [0.1, 0.15) is 50.2 Å². The largest absolute Gasteiger partial charge is 0.352 e. The van der Waals surface area contributed by atoms with Gasteiger partial charge >= 0.3 is 0 Å². The molecule has 3 rings (SSSR count). The van der Waals surface area contributed by atoms with Crippen molar-refractivity contribution in [1.29, 1.82) is 0 Å². The van der Waals surface area contributed by atoms with Crippen molar-refractivity contribution in [2.24, 2.45) is 0 Å². The summed E-state index contributed by atoms with van der Waals surface area (Å²) >= 11 is 9.82. The van der Waals surface area contributed by atoms with Gasteiger partial charge in [0.2, 0.25) is 21.8 Å². The Morgan fingerprint density at radius 2 is 1.83 bits per heavy atom. The van der Waals surface area contributed by atoms with E-state index in [1.807, 2.05) is 19.9 Å². The topological polar surface area (TPSA) is 86.8 Å². The van der Waals surface area contributed by atoms with E-state index in [9.17, 15) is 18.0 Å². The van der Waals surface area contributed by atoms with Gasteiger partial charge in [-0.1, -0.05) is 65.5 Å². The number of sulfonamides is 1. The van der Waals surface area contributed by atoms with Gasteiger partial charge in [0.05, 0.1) is 11.9 Å². The molecule has 7 nitrogen and oxygen atoms in total. The fourth-order valence-corrected chi connectivity index (χ4v) is 5.78. The van der Waals surface area contributed by atoms with Crippen LogP contribution in [-0.2, 0) is 26.2 Å². The minimum Gasteiger partial charge on any atom is -0.352 e. The predicted octanol–water partition coefficient (Wildman–Crippen LogP) is 5.04. The summed E-state index contributed by atoms with van der Waals surface area (Å²) in [6, 6.07) is 11.6. The number of carbonyl (C=O) groups excluding carboxylic acids is 2. The molecule has 0 spiro atoms. The van der Waals surface area contributed by atoms with Gasteiger partial charge < -0.3 is 10.2 Å². The number of halogens is 2. The van der Waals surface area contributed by atoms with Crippen molar-refractivity contribution in [3.05, 3.63) is 63.1 Å². The van der Waals surface area contributed by atoms with Gasteiger partial charge in [-0.05, 0) is 61.6 Å². The van der Waals surface area contributed by atoms with Crippen LogP contribution in [0.2, 0.25) is 5.02 Å². The highest BCUT2D eigenvalue weighted by Gasteiger charge is 2.33. The van der Waals surface area contributed by atoms with E-state index in [0.717, 1.165) is 46.3 Å². The molecular formula is C26H33BrClN3O4S. The summed E-state index contributed by atoms with van der Waals surface area (Å²) in [7, 11) is -3.78. The molecule has 1 fully saturated rings. The number of hydrogen-bond donors (Lipinski definition) is 1. The third-order valence-corrected chi connectivity index (χ3v) is 8.89. The molecule has 0 aliphatic heterocycles. The first-order valence-corrected chi connectivity index (χ1v) is 15.1. The van der Waals surface area contributed by atoms with Crippen molar-refractivity contribution in [1.82, 2.24) is 10.2 Å². The summed E-state index contributed by atoms with van der Waals surface area (Å²) in [4.78, 5) is 28.5. The lowest BCUT2D eigenvalue weighted by Gasteiger charge is -2.33. The number of amides is 2. The molecule has 2 amide bonds. The van der Waals surface area contributed by atoms with Crippen LogP contribution in [0.4, 0.5) is 5.69 Å². The summed E-state index contributed by atoms with van der Waals surface area (Å²) in [5, 5.41) is 3.57. The lowest BCUT2D eigenvalue weighted by atomic mass is 10.1. The van der Waals surface area contributed by atoms with Crippen LogP contribution in [0.3, 0.4) is 0 Å². The molecule has 0 radical (unpaired) electrons. The number of hydrogen-bond acceptors (Lipinski definition) is 4. The number of carbonyl (C=O) groups is 2. The predicted molar refractivity (Wildman–Crippen MR) is 148 cm³/mol. The summed E-state index contributed by atoms with van der Waals surface area (Å²) in [5.41, 5.74) is 1.90. The third-order valence-electron chi connectivity index (χ3n) is 6.49. The van der Waals surface area contributed by atoms with Crippen molar-refractivity contribution >= 4 is 55.1 Å². The molecule has 1 N–H and O–H groups in total. The first-order valence-electron chi connectivity index (χ1n) is 12.1. The van der Waals surface area contributed by atoms with Gasteiger partial charge in [-0.15, -0.1) is 0 Å². The molecular weight excluding hydrogens is 566 g/mol. The number of nitrogens with one attached hydrogen (secondary N) is 1. The monoisotopic (exact) mass is 597 g/mol. The first-order chi connectivity index (χ1) is 17.0. The Morgan fingerprint density at radius 1 is 1.17 bits per heavy atom. The van der Waals surface area contributed by atoms with E-state index in [-0.39, 0.29) is 18.5 Å². The third kappa shape index (κ3) is 7.23. The SMILES string of the molecule is CCC(C(=O)NC1CCCC1)N(Cc1ccccc1Cl)C(=O)CN(c1ccc(Br)c(C)c1)S(C)(=O)=O. The van der Waals surface area contributed by atoms with E-state index >= 15 is 0 Å². The van der Waals surface area contributed by atoms with Crippen LogP contribution >= 0.6 is 27.5 Å². The Hall–Kier alpha value is -2.10. The summed E-state index contributed by atoms with van der Waals surface area (Å²) in [6.45, 7) is 3.35. The van der Waals surface area contributed by atoms with E-state index < -0.39 is 28.5 Å². The Bertz CT molecular complexity index is 1200. The molecule has 0 aromatic heterocycles.